The monoisotopic (exact) mass is 386 g/mol. The van der Waals surface area contributed by atoms with Crippen molar-refractivity contribution in [2.75, 3.05) is 0 Å². The Morgan fingerprint density at radius 2 is 1.59 bits per heavy atom. The van der Waals surface area contributed by atoms with Crippen molar-refractivity contribution in [2.24, 2.45) is 34.5 Å². The van der Waals surface area contributed by atoms with Gasteiger partial charge >= 0.3 is 0 Å². The molecule has 1 nitrogen and oxygen atoms in total. The van der Waals surface area contributed by atoms with E-state index in [4.69, 9.17) is 16.3 Å². The molecule has 0 saturated heterocycles. The Bertz CT molecular complexity index is 684. The molecule has 0 aromatic heterocycles. The fourth-order valence-corrected chi connectivity index (χ4v) is 8.24. The van der Waals surface area contributed by atoms with Crippen molar-refractivity contribution in [1.82, 2.24) is 0 Å². The molecular formula is C25H35ClO. The highest BCUT2D eigenvalue weighted by molar-refractivity contribution is 6.30. The third-order valence-corrected chi connectivity index (χ3v) is 9.84. The standard InChI is InChI=1S/C25H35ClO/c1-24-15-4-3-5-17(24)6-11-20-21-12-13-23(25(21,2)16-14-22(20)24)27-19-9-7-18(26)8-10-19/h7-10,17,20-23H,3-6,11-16H2,1-2H3/t17?,20-,21-,22+,23?,24-,25-/m0/s1. The molecule has 27 heavy (non-hydrogen) atoms. The highest BCUT2D eigenvalue weighted by Crippen LogP contribution is 2.66. The third kappa shape index (κ3) is 2.86. The minimum atomic E-state index is 0.360. The van der Waals surface area contributed by atoms with Crippen LogP contribution in [0.2, 0.25) is 5.02 Å². The van der Waals surface area contributed by atoms with Crippen LogP contribution in [0.5, 0.6) is 5.75 Å². The molecule has 4 aliphatic rings. The second-order valence-corrected chi connectivity index (χ2v) is 11.0. The van der Waals surface area contributed by atoms with Gasteiger partial charge in [0.25, 0.3) is 0 Å². The Balaban J connectivity index is 1.37. The Hall–Kier alpha value is -0.690. The molecule has 148 valence electrons. The second kappa shape index (κ2) is 6.68. The third-order valence-electron chi connectivity index (χ3n) is 9.59. The lowest BCUT2D eigenvalue weighted by Crippen LogP contribution is -2.53. The zero-order valence-corrected chi connectivity index (χ0v) is 17.8. The fourth-order valence-electron chi connectivity index (χ4n) is 8.12. The minimum Gasteiger partial charge on any atom is -0.490 e. The first-order chi connectivity index (χ1) is 13.0. The molecule has 2 unspecified atom stereocenters. The van der Waals surface area contributed by atoms with Gasteiger partial charge < -0.3 is 4.74 Å². The first kappa shape index (κ1) is 18.3. The normalized spacial score (nSPS) is 46.3. The highest BCUT2D eigenvalue weighted by Gasteiger charge is 2.60. The topological polar surface area (TPSA) is 9.23 Å². The van der Waals surface area contributed by atoms with Gasteiger partial charge in [-0.1, -0.05) is 38.3 Å². The van der Waals surface area contributed by atoms with E-state index in [1.165, 1.54) is 64.2 Å². The van der Waals surface area contributed by atoms with E-state index in [1.54, 1.807) is 0 Å². The van der Waals surface area contributed by atoms with Gasteiger partial charge in [-0.3, -0.25) is 0 Å². The van der Waals surface area contributed by atoms with Gasteiger partial charge in [0.2, 0.25) is 0 Å². The zero-order valence-electron chi connectivity index (χ0n) is 17.1. The fraction of sp³-hybridized carbons (Fsp3) is 0.760. The summed E-state index contributed by atoms with van der Waals surface area (Å²) in [5, 5.41) is 0.788. The summed E-state index contributed by atoms with van der Waals surface area (Å²) in [5.41, 5.74) is 0.996. The van der Waals surface area contributed by atoms with Crippen LogP contribution in [0, 0.1) is 34.5 Å². The van der Waals surface area contributed by atoms with Crippen molar-refractivity contribution in [1.29, 1.82) is 0 Å². The summed E-state index contributed by atoms with van der Waals surface area (Å²) in [6, 6.07) is 7.99. The van der Waals surface area contributed by atoms with Crippen LogP contribution in [0.3, 0.4) is 0 Å². The van der Waals surface area contributed by atoms with Crippen molar-refractivity contribution in [3.63, 3.8) is 0 Å². The minimum absolute atomic E-state index is 0.360. The summed E-state index contributed by atoms with van der Waals surface area (Å²) in [4.78, 5) is 0. The van der Waals surface area contributed by atoms with Gasteiger partial charge in [-0.25, -0.2) is 0 Å². The highest BCUT2D eigenvalue weighted by atomic mass is 35.5. The molecule has 1 aromatic rings. The van der Waals surface area contributed by atoms with Gasteiger partial charge in [0, 0.05) is 10.4 Å². The maximum atomic E-state index is 6.56. The van der Waals surface area contributed by atoms with Gasteiger partial charge in [0.05, 0.1) is 0 Å². The van der Waals surface area contributed by atoms with E-state index in [-0.39, 0.29) is 0 Å². The van der Waals surface area contributed by atoms with E-state index in [1.807, 2.05) is 24.3 Å². The van der Waals surface area contributed by atoms with Crippen LogP contribution in [0.1, 0.15) is 78.1 Å². The van der Waals surface area contributed by atoms with Gasteiger partial charge in [0.1, 0.15) is 11.9 Å². The molecule has 2 heteroatoms. The summed E-state index contributed by atoms with van der Waals surface area (Å²) >= 11 is 6.06. The SMILES string of the molecule is C[C@]12CCCCC1CC[C@@H]1[C@H]2CC[C@]2(C)C(Oc3ccc(Cl)cc3)CC[C@@H]12. The molecule has 0 N–H and O–H groups in total. The van der Waals surface area contributed by atoms with Crippen molar-refractivity contribution in [3.05, 3.63) is 29.3 Å². The predicted octanol–water partition coefficient (Wildman–Crippen LogP) is 7.52. The largest absolute Gasteiger partial charge is 0.490 e. The average molecular weight is 387 g/mol. The lowest BCUT2D eigenvalue weighted by molar-refractivity contribution is -0.117. The molecule has 5 rings (SSSR count). The van der Waals surface area contributed by atoms with Crippen molar-refractivity contribution in [3.8, 4) is 5.75 Å². The molecular weight excluding hydrogens is 352 g/mol. The van der Waals surface area contributed by atoms with E-state index in [0.29, 0.717) is 16.9 Å². The molecule has 0 aliphatic heterocycles. The predicted molar refractivity (Wildman–Crippen MR) is 112 cm³/mol. The quantitative estimate of drug-likeness (QED) is 0.510. The molecule has 0 heterocycles. The van der Waals surface area contributed by atoms with Gasteiger partial charge in [-0.2, -0.15) is 0 Å². The van der Waals surface area contributed by atoms with Crippen LogP contribution in [0.25, 0.3) is 0 Å². The molecule has 7 atom stereocenters. The van der Waals surface area contributed by atoms with Crippen LogP contribution in [-0.4, -0.2) is 6.10 Å². The molecule has 1 aromatic carbocycles. The van der Waals surface area contributed by atoms with E-state index in [0.717, 1.165) is 34.4 Å². The Kier molecular flexibility index (Phi) is 4.54. The molecule has 4 saturated carbocycles. The number of halogens is 1. The van der Waals surface area contributed by atoms with E-state index in [2.05, 4.69) is 13.8 Å². The van der Waals surface area contributed by atoms with Crippen molar-refractivity contribution >= 4 is 11.6 Å². The second-order valence-electron chi connectivity index (χ2n) is 10.6. The molecule has 0 amide bonds. The Morgan fingerprint density at radius 1 is 0.815 bits per heavy atom. The van der Waals surface area contributed by atoms with Gasteiger partial charge in [-0.15, -0.1) is 0 Å². The number of ether oxygens (including phenoxy) is 1. The molecule has 4 fully saturated rings. The maximum absolute atomic E-state index is 6.56. The first-order valence-electron chi connectivity index (χ1n) is 11.4. The van der Waals surface area contributed by atoms with Crippen LogP contribution >= 0.6 is 11.6 Å². The number of hydrogen-bond donors (Lipinski definition) is 0. The summed E-state index contributed by atoms with van der Waals surface area (Å²) in [6.45, 7) is 5.23. The van der Waals surface area contributed by atoms with Crippen LogP contribution in [-0.2, 0) is 0 Å². The first-order valence-corrected chi connectivity index (χ1v) is 11.8. The molecule has 0 spiro atoms. The molecule has 4 aliphatic carbocycles. The summed E-state index contributed by atoms with van der Waals surface area (Å²) in [7, 11) is 0. The van der Waals surface area contributed by atoms with Crippen molar-refractivity contribution in [2.45, 2.75) is 84.2 Å². The molecule has 0 radical (unpaired) electrons. The maximum Gasteiger partial charge on any atom is 0.119 e. The zero-order chi connectivity index (χ0) is 18.6. The number of benzene rings is 1. The lowest BCUT2D eigenvalue weighted by atomic mass is 9.45. The summed E-state index contributed by atoms with van der Waals surface area (Å²) in [6.07, 6.45) is 14.7. The lowest BCUT2D eigenvalue weighted by Gasteiger charge is -2.60. The summed E-state index contributed by atoms with van der Waals surface area (Å²) in [5.74, 6) is 4.80. The number of hydrogen-bond acceptors (Lipinski definition) is 1. The van der Waals surface area contributed by atoms with E-state index in [9.17, 15) is 0 Å². The van der Waals surface area contributed by atoms with E-state index < -0.39 is 0 Å². The van der Waals surface area contributed by atoms with Gasteiger partial charge in [-0.05, 0) is 105 Å². The summed E-state index contributed by atoms with van der Waals surface area (Å²) < 4.78 is 6.56. The average Bonchev–Trinajstić information content (AvgIpc) is 2.99. The van der Waals surface area contributed by atoms with Gasteiger partial charge in [0.15, 0.2) is 0 Å². The van der Waals surface area contributed by atoms with Crippen molar-refractivity contribution < 1.29 is 4.74 Å². The van der Waals surface area contributed by atoms with E-state index >= 15 is 0 Å². The Labute approximate surface area is 170 Å². The number of rotatable bonds is 2. The Morgan fingerprint density at radius 3 is 2.41 bits per heavy atom. The molecule has 0 bridgehead atoms. The van der Waals surface area contributed by atoms with Crippen LogP contribution in [0.4, 0.5) is 0 Å². The van der Waals surface area contributed by atoms with Crippen LogP contribution in [0.15, 0.2) is 24.3 Å². The van der Waals surface area contributed by atoms with Crippen LogP contribution < -0.4 is 4.74 Å². The smallest absolute Gasteiger partial charge is 0.119 e. The number of fused-ring (bicyclic) bond motifs is 5.